The molecule has 0 saturated carbocycles. The van der Waals surface area contributed by atoms with Gasteiger partial charge in [-0.1, -0.05) is 0 Å². The van der Waals surface area contributed by atoms with Crippen molar-refractivity contribution in [2.45, 2.75) is 19.3 Å². The molecule has 0 aliphatic carbocycles. The molecule has 0 fully saturated rings. The molecule has 1 aliphatic rings. The number of nitrogens with one attached hydrogen (secondary N) is 1. The van der Waals surface area contributed by atoms with E-state index in [0.29, 0.717) is 0 Å². The molecule has 1 aromatic rings. The van der Waals surface area contributed by atoms with Crippen LogP contribution in [0.2, 0.25) is 0 Å². The predicted molar refractivity (Wildman–Crippen MR) is 53.0 cm³/mol. The molecule has 0 saturated heterocycles. The van der Waals surface area contributed by atoms with Gasteiger partial charge in [0.2, 0.25) is 0 Å². The minimum atomic E-state index is -1.63. The Morgan fingerprint density at radius 3 is 3.08 bits per heavy atom. The summed E-state index contributed by atoms with van der Waals surface area (Å²) in [7, 11) is 0. The third-order valence-corrected chi connectivity index (χ3v) is 6.39. The molecule has 4 heteroatoms. The van der Waals surface area contributed by atoms with E-state index < -0.39 is 14.4 Å². The Morgan fingerprint density at radius 2 is 2.42 bits per heavy atom. The van der Waals surface area contributed by atoms with Crippen molar-refractivity contribution in [2.75, 3.05) is 6.54 Å². The summed E-state index contributed by atoms with van der Waals surface area (Å²) in [5, 5.41) is 2.08. The van der Waals surface area contributed by atoms with Crippen molar-refractivity contribution in [1.29, 1.82) is 0 Å². The molecule has 0 unspecified atom stereocenters. The van der Waals surface area contributed by atoms with E-state index in [2.05, 4.69) is 29.6 Å². The maximum atomic E-state index is 9.71. The molecule has 0 atom stereocenters. The second-order valence-electron chi connectivity index (χ2n) is 3.61. The molecule has 67 valence electrons. The van der Waals surface area contributed by atoms with Crippen molar-refractivity contribution in [3.63, 3.8) is 0 Å². The Kier molecular flexibility index (Phi) is 2.05. The van der Waals surface area contributed by atoms with Gasteiger partial charge in [0.15, 0.2) is 0 Å². The first-order valence-corrected chi connectivity index (χ1v) is 7.22. The zero-order chi connectivity index (χ0) is 8.77. The first kappa shape index (κ1) is 8.73. The normalized spacial score (nSPS) is 22.2. The SMILES string of the molecule is CC1(C)CN[Se](O)c2sccc21. The number of fused-ring (bicyclic) bond motifs is 1. The molecule has 12 heavy (non-hydrogen) atoms. The third-order valence-electron chi connectivity index (χ3n) is 2.19. The van der Waals surface area contributed by atoms with E-state index in [1.807, 2.05) is 0 Å². The summed E-state index contributed by atoms with van der Waals surface area (Å²) in [6.07, 6.45) is 0. The van der Waals surface area contributed by atoms with Crippen molar-refractivity contribution in [3.8, 4) is 0 Å². The van der Waals surface area contributed by atoms with Crippen molar-refractivity contribution < 1.29 is 4.19 Å². The van der Waals surface area contributed by atoms with Crippen LogP contribution in [-0.2, 0) is 5.41 Å². The molecule has 2 nitrogen and oxygen atoms in total. The molecule has 0 amide bonds. The standard InChI is InChI=1S/C8H12NOSSe/c1-8(2)5-9-12(10)7-6(8)3-4-11-7/h3-4,9-10H,5H2,1-2H3. The van der Waals surface area contributed by atoms with Crippen molar-refractivity contribution in [2.24, 2.45) is 0 Å². The van der Waals surface area contributed by atoms with Crippen LogP contribution in [0.4, 0.5) is 0 Å². The van der Waals surface area contributed by atoms with E-state index >= 15 is 0 Å². The fraction of sp³-hybridized carbons (Fsp3) is 0.500. The molecule has 0 bridgehead atoms. The van der Waals surface area contributed by atoms with Crippen molar-refractivity contribution in [1.82, 2.24) is 4.33 Å². The van der Waals surface area contributed by atoms with Gasteiger partial charge in [-0.2, -0.15) is 0 Å². The van der Waals surface area contributed by atoms with E-state index in [1.54, 1.807) is 11.3 Å². The van der Waals surface area contributed by atoms with Gasteiger partial charge in [-0.15, -0.1) is 0 Å². The van der Waals surface area contributed by atoms with Gasteiger partial charge in [0.1, 0.15) is 0 Å². The van der Waals surface area contributed by atoms with Crippen LogP contribution in [0.15, 0.2) is 11.4 Å². The fourth-order valence-electron chi connectivity index (χ4n) is 1.36. The molecule has 1 aromatic heterocycles. The van der Waals surface area contributed by atoms with E-state index in [9.17, 15) is 4.19 Å². The summed E-state index contributed by atoms with van der Waals surface area (Å²) >= 11 is 0.0525. The van der Waals surface area contributed by atoms with Crippen LogP contribution >= 0.6 is 11.3 Å². The van der Waals surface area contributed by atoms with Gasteiger partial charge in [-0.25, -0.2) is 0 Å². The van der Waals surface area contributed by atoms with Crippen LogP contribution < -0.4 is 8.11 Å². The fourth-order valence-corrected chi connectivity index (χ4v) is 5.95. The number of hydrogen-bond acceptors (Lipinski definition) is 3. The van der Waals surface area contributed by atoms with Gasteiger partial charge in [0.05, 0.1) is 0 Å². The van der Waals surface area contributed by atoms with Crippen LogP contribution in [0.3, 0.4) is 0 Å². The first-order valence-electron chi connectivity index (χ1n) is 3.86. The van der Waals surface area contributed by atoms with Gasteiger partial charge >= 0.3 is 80.9 Å². The molecule has 1 radical (unpaired) electrons. The number of hydrogen-bond donors (Lipinski definition) is 2. The van der Waals surface area contributed by atoms with Crippen LogP contribution in [0.5, 0.6) is 0 Å². The van der Waals surface area contributed by atoms with Gasteiger partial charge in [-0.3, -0.25) is 0 Å². The van der Waals surface area contributed by atoms with Gasteiger partial charge in [0.25, 0.3) is 0 Å². The molecule has 2 heterocycles. The zero-order valence-corrected chi connectivity index (χ0v) is 9.66. The van der Waals surface area contributed by atoms with Gasteiger partial charge in [-0.05, 0) is 0 Å². The van der Waals surface area contributed by atoms with Crippen molar-refractivity contribution >= 4 is 29.6 Å². The Hall–Kier alpha value is 0.139. The Balaban J connectivity index is 2.50. The van der Waals surface area contributed by atoms with Crippen LogP contribution in [0.1, 0.15) is 19.4 Å². The summed E-state index contributed by atoms with van der Waals surface area (Å²) in [6.45, 7) is 5.32. The van der Waals surface area contributed by atoms with E-state index in [4.69, 9.17) is 0 Å². The Bertz CT molecular complexity index is 297. The number of thiophene rings is 1. The third kappa shape index (κ3) is 1.24. The minimum absolute atomic E-state index is 0.193. The topological polar surface area (TPSA) is 32.3 Å². The second kappa shape index (κ2) is 2.82. The molecular formula is C8H12NOSSe. The molecular weight excluding hydrogens is 237 g/mol. The van der Waals surface area contributed by atoms with E-state index in [1.165, 1.54) is 9.34 Å². The Morgan fingerprint density at radius 1 is 1.67 bits per heavy atom. The van der Waals surface area contributed by atoms with E-state index in [-0.39, 0.29) is 5.41 Å². The second-order valence-corrected chi connectivity index (χ2v) is 7.77. The summed E-state index contributed by atoms with van der Waals surface area (Å²) in [6, 6.07) is 2.15. The number of rotatable bonds is 0. The predicted octanol–water partition coefficient (Wildman–Crippen LogP) is 0.316. The Labute approximate surface area is 81.0 Å². The summed E-state index contributed by atoms with van der Waals surface area (Å²) in [4.78, 5) is 0. The van der Waals surface area contributed by atoms with Crippen LogP contribution in [0.25, 0.3) is 0 Å². The average Bonchev–Trinajstić information content (AvgIpc) is 2.46. The average molecular weight is 249 g/mol. The zero-order valence-electron chi connectivity index (χ0n) is 7.13. The molecule has 0 spiro atoms. The summed E-state index contributed by atoms with van der Waals surface area (Å²) in [5.41, 5.74) is 1.54. The molecule has 0 aromatic carbocycles. The quantitative estimate of drug-likeness (QED) is 0.649. The monoisotopic (exact) mass is 250 g/mol. The molecule has 1 aliphatic heterocycles. The van der Waals surface area contributed by atoms with Gasteiger partial charge < -0.3 is 0 Å². The van der Waals surface area contributed by atoms with E-state index in [0.717, 1.165) is 6.54 Å². The van der Waals surface area contributed by atoms with Crippen molar-refractivity contribution in [3.05, 3.63) is 17.0 Å². The van der Waals surface area contributed by atoms with Crippen LogP contribution in [-0.4, -0.2) is 25.2 Å². The van der Waals surface area contributed by atoms with Crippen LogP contribution in [0, 0.1) is 0 Å². The molecule has 2 N–H and O–H groups in total. The molecule has 2 rings (SSSR count). The van der Waals surface area contributed by atoms with Gasteiger partial charge in [0, 0.05) is 0 Å². The summed E-state index contributed by atoms with van der Waals surface area (Å²) in [5.74, 6) is 0. The first-order chi connectivity index (χ1) is 5.61. The summed E-state index contributed by atoms with van der Waals surface area (Å²) < 4.78 is 14.1. The maximum absolute atomic E-state index is 9.71.